The van der Waals surface area contributed by atoms with Crippen molar-refractivity contribution in [1.82, 2.24) is 4.57 Å². The Morgan fingerprint density at radius 2 is 1.71 bits per heavy atom. The van der Waals surface area contributed by atoms with Crippen LogP contribution in [-0.4, -0.2) is 22.9 Å². The molecular weight excluding hydrogens is 484 g/mol. The minimum absolute atomic E-state index is 0.352. The van der Waals surface area contributed by atoms with Crippen molar-refractivity contribution in [3.8, 4) is 5.75 Å². The molecule has 6 heteroatoms. The molecule has 0 bridgehead atoms. The molecule has 0 amide bonds. The van der Waals surface area contributed by atoms with Crippen molar-refractivity contribution in [2.75, 3.05) is 12.4 Å². The lowest BCUT2D eigenvalue weighted by atomic mass is 10.1. The van der Waals surface area contributed by atoms with E-state index in [1.165, 1.54) is 0 Å². The van der Waals surface area contributed by atoms with Gasteiger partial charge in [0.25, 0.3) is 0 Å². The fourth-order valence-corrected chi connectivity index (χ4v) is 4.51. The zero-order valence-corrected chi connectivity index (χ0v) is 18.7. The van der Waals surface area contributed by atoms with Gasteiger partial charge < -0.3 is 19.7 Å². The third kappa shape index (κ3) is 3.30. The van der Waals surface area contributed by atoms with Crippen LogP contribution < -0.4 is 10.1 Å². The molecule has 0 saturated heterocycles. The topological polar surface area (TPSA) is 46.4 Å². The number of anilines is 1. The second-order valence-corrected chi connectivity index (χ2v) is 8.47. The Balaban J connectivity index is 2.03. The van der Waals surface area contributed by atoms with E-state index in [0.717, 1.165) is 42.2 Å². The van der Waals surface area contributed by atoms with Crippen molar-refractivity contribution in [3.63, 3.8) is 0 Å². The van der Waals surface area contributed by atoms with Crippen LogP contribution in [0.25, 0.3) is 21.8 Å². The Kier molecular flexibility index (Phi) is 5.36. The largest absolute Gasteiger partial charge is 0.495 e. The van der Waals surface area contributed by atoms with Crippen molar-refractivity contribution < 1.29 is 9.84 Å². The third-order valence-electron chi connectivity index (χ3n) is 4.86. The number of nitrogens with one attached hydrogen (secondary N) is 1. The number of benzene rings is 3. The Bertz CT molecular complexity index is 1140. The number of para-hydroxylation sites is 1. The van der Waals surface area contributed by atoms with Gasteiger partial charge in [-0.2, -0.15) is 0 Å². The number of aromatic nitrogens is 1. The predicted octanol–water partition coefficient (Wildman–Crippen LogP) is 6.32. The summed E-state index contributed by atoms with van der Waals surface area (Å²) in [4.78, 5) is 0. The van der Waals surface area contributed by atoms with Gasteiger partial charge in [-0.3, -0.25) is 0 Å². The number of ether oxygens (including phenoxy) is 1. The summed E-state index contributed by atoms with van der Waals surface area (Å²) in [6.07, 6.45) is -0.980. The molecule has 4 aromatic rings. The Labute approximate surface area is 180 Å². The first-order valence-corrected chi connectivity index (χ1v) is 10.5. The lowest BCUT2D eigenvalue weighted by molar-refractivity contribution is 0.147. The molecule has 2 N–H and O–H groups in total. The molecule has 2 unspecified atom stereocenters. The predicted molar refractivity (Wildman–Crippen MR) is 122 cm³/mol. The summed E-state index contributed by atoms with van der Waals surface area (Å²) in [6.45, 7) is 1.80. The maximum absolute atomic E-state index is 10.7. The summed E-state index contributed by atoms with van der Waals surface area (Å²) in [6, 6.07) is 20.1. The van der Waals surface area contributed by atoms with Crippen molar-refractivity contribution in [2.24, 2.45) is 0 Å². The van der Waals surface area contributed by atoms with Crippen molar-refractivity contribution >= 4 is 59.4 Å². The highest BCUT2D eigenvalue weighted by Crippen LogP contribution is 2.42. The van der Waals surface area contributed by atoms with Crippen LogP contribution in [0.1, 0.15) is 13.1 Å². The fourth-order valence-electron chi connectivity index (χ4n) is 3.66. The highest BCUT2D eigenvalue weighted by atomic mass is 79.9. The normalized spacial score (nSPS) is 13.6. The van der Waals surface area contributed by atoms with E-state index in [-0.39, 0.29) is 6.17 Å². The van der Waals surface area contributed by atoms with Crippen LogP contribution in [0.15, 0.2) is 69.6 Å². The summed E-state index contributed by atoms with van der Waals surface area (Å²) in [5, 5.41) is 16.2. The molecule has 4 rings (SSSR count). The van der Waals surface area contributed by atoms with Crippen LogP contribution >= 0.6 is 31.9 Å². The van der Waals surface area contributed by atoms with Crippen LogP contribution in [0.2, 0.25) is 0 Å². The zero-order valence-electron chi connectivity index (χ0n) is 15.5. The standard InChI is InChI=1S/C22H20Br2N2O2/c1-13(27)22(25-15-6-4-3-5-7-15)26-18-10-8-14(23)12-16(18)20-19(26)11-9-17(24)21(20)28-2/h3-13,22,25,27H,1-2H3. The van der Waals surface area contributed by atoms with Gasteiger partial charge in [-0.15, -0.1) is 0 Å². The molecular formula is C22H20Br2N2O2. The maximum atomic E-state index is 10.7. The maximum Gasteiger partial charge on any atom is 0.143 e. The van der Waals surface area contributed by atoms with E-state index in [4.69, 9.17) is 4.74 Å². The Morgan fingerprint density at radius 1 is 1.00 bits per heavy atom. The average Bonchev–Trinajstić information content (AvgIpc) is 3.00. The molecule has 1 aromatic heterocycles. The molecule has 144 valence electrons. The summed E-state index contributed by atoms with van der Waals surface area (Å²) < 4.78 is 9.75. The lowest BCUT2D eigenvalue weighted by Gasteiger charge is -2.26. The molecule has 4 nitrogen and oxygen atoms in total. The number of rotatable bonds is 5. The quantitative estimate of drug-likeness (QED) is 0.335. The third-order valence-corrected chi connectivity index (χ3v) is 5.98. The minimum atomic E-state index is -0.628. The molecule has 0 aliphatic rings. The number of methoxy groups -OCH3 is 1. The number of aliphatic hydroxyl groups is 1. The van der Waals surface area contributed by atoms with Gasteiger partial charge in [-0.25, -0.2) is 0 Å². The van der Waals surface area contributed by atoms with Crippen LogP contribution in [0.4, 0.5) is 5.69 Å². The highest BCUT2D eigenvalue weighted by molar-refractivity contribution is 9.10. The first kappa shape index (κ1) is 19.3. The monoisotopic (exact) mass is 502 g/mol. The number of hydrogen-bond acceptors (Lipinski definition) is 3. The van der Waals surface area contributed by atoms with Crippen molar-refractivity contribution in [2.45, 2.75) is 19.2 Å². The fraction of sp³-hybridized carbons (Fsp3) is 0.182. The molecule has 2 atom stereocenters. The van der Waals surface area contributed by atoms with Gasteiger partial charge >= 0.3 is 0 Å². The minimum Gasteiger partial charge on any atom is -0.495 e. The summed E-state index contributed by atoms with van der Waals surface area (Å²) >= 11 is 7.19. The molecule has 0 aliphatic heterocycles. The molecule has 1 heterocycles. The first-order valence-electron chi connectivity index (χ1n) is 8.96. The van der Waals surface area contributed by atoms with Crippen molar-refractivity contribution in [1.29, 1.82) is 0 Å². The van der Waals surface area contributed by atoms with Gasteiger partial charge in [-0.1, -0.05) is 34.1 Å². The van der Waals surface area contributed by atoms with Gasteiger partial charge in [0.05, 0.1) is 34.1 Å². The number of hydrogen-bond donors (Lipinski definition) is 2. The van der Waals surface area contributed by atoms with Gasteiger partial charge in [0.15, 0.2) is 0 Å². The van der Waals surface area contributed by atoms with E-state index in [2.05, 4.69) is 59.9 Å². The van der Waals surface area contributed by atoms with E-state index in [9.17, 15) is 5.11 Å². The van der Waals surface area contributed by atoms with E-state index in [1.807, 2.05) is 42.5 Å². The van der Waals surface area contributed by atoms with E-state index in [0.29, 0.717) is 0 Å². The molecule has 0 saturated carbocycles. The van der Waals surface area contributed by atoms with Crippen LogP contribution in [0.5, 0.6) is 5.75 Å². The molecule has 0 spiro atoms. The number of nitrogens with zero attached hydrogens (tertiary/aromatic N) is 1. The number of fused-ring (bicyclic) bond motifs is 3. The Morgan fingerprint density at radius 3 is 2.39 bits per heavy atom. The zero-order chi connectivity index (χ0) is 19.8. The summed E-state index contributed by atoms with van der Waals surface area (Å²) in [5.41, 5.74) is 2.95. The molecule has 3 aromatic carbocycles. The summed E-state index contributed by atoms with van der Waals surface area (Å²) in [7, 11) is 1.68. The molecule has 0 radical (unpaired) electrons. The smallest absolute Gasteiger partial charge is 0.143 e. The van der Waals surface area contributed by atoms with Crippen LogP contribution in [0.3, 0.4) is 0 Å². The molecule has 0 fully saturated rings. The van der Waals surface area contributed by atoms with Crippen molar-refractivity contribution in [3.05, 3.63) is 69.6 Å². The SMILES string of the molecule is COc1c(Br)ccc2c1c1cc(Br)ccc1n2C(Nc1ccccc1)C(C)O. The first-order chi connectivity index (χ1) is 13.5. The van der Waals surface area contributed by atoms with E-state index < -0.39 is 6.10 Å². The summed E-state index contributed by atoms with van der Waals surface area (Å²) in [5.74, 6) is 0.781. The van der Waals surface area contributed by atoms with Gasteiger partial charge in [-0.05, 0) is 65.3 Å². The lowest BCUT2D eigenvalue weighted by Crippen LogP contribution is -2.28. The van der Waals surface area contributed by atoms with E-state index >= 15 is 0 Å². The molecule has 0 aliphatic carbocycles. The second kappa shape index (κ2) is 7.78. The van der Waals surface area contributed by atoms with E-state index in [1.54, 1.807) is 14.0 Å². The van der Waals surface area contributed by atoms with Gasteiger partial charge in [0.2, 0.25) is 0 Å². The molecule has 28 heavy (non-hydrogen) atoms. The van der Waals surface area contributed by atoms with Gasteiger partial charge in [0.1, 0.15) is 11.9 Å². The second-order valence-electron chi connectivity index (χ2n) is 6.70. The number of aliphatic hydroxyl groups excluding tert-OH is 1. The number of halogens is 2. The van der Waals surface area contributed by atoms with Crippen LogP contribution in [0, 0.1) is 0 Å². The van der Waals surface area contributed by atoms with Crippen LogP contribution in [-0.2, 0) is 0 Å². The Hall–Kier alpha value is -2.02. The van der Waals surface area contributed by atoms with Gasteiger partial charge in [0, 0.05) is 15.5 Å². The highest BCUT2D eigenvalue weighted by Gasteiger charge is 2.24. The average molecular weight is 504 g/mol.